The fraction of sp³-hybridized carbons (Fsp3) is 0.538. The maximum atomic E-state index is 6.00. The van der Waals surface area contributed by atoms with Gasteiger partial charge in [0.25, 0.3) is 0 Å². The topological polar surface area (TPSA) is 42.5 Å². The van der Waals surface area contributed by atoms with E-state index in [0.29, 0.717) is 18.0 Å². The van der Waals surface area contributed by atoms with E-state index < -0.39 is 0 Å². The molecule has 2 N–H and O–H groups in total. The van der Waals surface area contributed by atoms with Crippen LogP contribution in [0.5, 0.6) is 11.5 Å². The van der Waals surface area contributed by atoms with Crippen molar-refractivity contribution >= 4 is 0 Å². The highest BCUT2D eigenvalue weighted by Gasteiger charge is 2.23. The molecule has 0 aliphatic carbocycles. The molecular formula is C26H36N2O2. The van der Waals surface area contributed by atoms with Crippen LogP contribution in [0.15, 0.2) is 36.4 Å². The number of hydrogen-bond acceptors (Lipinski definition) is 4. The summed E-state index contributed by atoms with van der Waals surface area (Å²) in [5.74, 6) is 2.70. The van der Waals surface area contributed by atoms with Gasteiger partial charge in [0.2, 0.25) is 0 Å². The van der Waals surface area contributed by atoms with Crippen molar-refractivity contribution in [1.82, 2.24) is 10.6 Å². The number of aryl methyl sites for hydroxylation is 1. The Labute approximate surface area is 181 Å². The summed E-state index contributed by atoms with van der Waals surface area (Å²) in [5, 5.41) is 7.23. The van der Waals surface area contributed by atoms with Gasteiger partial charge in [0.05, 0.1) is 13.2 Å². The summed E-state index contributed by atoms with van der Waals surface area (Å²) in [7, 11) is 0. The molecule has 2 aromatic carbocycles. The molecule has 4 nitrogen and oxygen atoms in total. The van der Waals surface area contributed by atoms with Crippen LogP contribution in [0.4, 0.5) is 0 Å². The third kappa shape index (κ3) is 5.35. The summed E-state index contributed by atoms with van der Waals surface area (Å²) in [5.41, 5.74) is 5.37. The maximum Gasteiger partial charge on any atom is 0.123 e. The predicted molar refractivity (Wildman–Crippen MR) is 122 cm³/mol. The Hall–Kier alpha value is -2.04. The van der Waals surface area contributed by atoms with Gasteiger partial charge in [-0.2, -0.15) is 0 Å². The van der Waals surface area contributed by atoms with E-state index in [2.05, 4.69) is 67.8 Å². The van der Waals surface area contributed by atoms with Crippen molar-refractivity contribution in [1.29, 1.82) is 0 Å². The minimum absolute atomic E-state index is 0.454. The highest BCUT2D eigenvalue weighted by Crippen LogP contribution is 2.37. The zero-order chi connectivity index (χ0) is 20.9. The zero-order valence-corrected chi connectivity index (χ0v) is 18.7. The van der Waals surface area contributed by atoms with Crippen molar-refractivity contribution in [2.75, 3.05) is 13.2 Å². The number of rotatable bonds is 8. The van der Waals surface area contributed by atoms with E-state index in [1.807, 2.05) is 0 Å². The third-order valence-corrected chi connectivity index (χ3v) is 6.22. The Morgan fingerprint density at radius 3 is 2.53 bits per heavy atom. The summed E-state index contributed by atoms with van der Waals surface area (Å²) < 4.78 is 11.7. The minimum Gasteiger partial charge on any atom is -0.493 e. The fourth-order valence-corrected chi connectivity index (χ4v) is 4.51. The van der Waals surface area contributed by atoms with Crippen LogP contribution in [-0.2, 0) is 19.5 Å². The van der Waals surface area contributed by atoms with Crippen LogP contribution in [-0.4, -0.2) is 25.3 Å². The first-order valence-corrected chi connectivity index (χ1v) is 11.6. The average molecular weight is 409 g/mol. The lowest BCUT2D eigenvalue weighted by molar-refractivity contribution is 0.256. The van der Waals surface area contributed by atoms with E-state index in [4.69, 9.17) is 9.47 Å². The molecule has 0 bridgehead atoms. The van der Waals surface area contributed by atoms with Gasteiger partial charge in [0.1, 0.15) is 11.5 Å². The third-order valence-electron chi connectivity index (χ3n) is 6.22. The molecule has 30 heavy (non-hydrogen) atoms. The largest absolute Gasteiger partial charge is 0.493 e. The van der Waals surface area contributed by atoms with Crippen LogP contribution < -0.4 is 20.1 Å². The fourth-order valence-electron chi connectivity index (χ4n) is 4.51. The molecule has 2 atom stereocenters. The lowest BCUT2D eigenvalue weighted by Crippen LogP contribution is -2.29. The Kier molecular flexibility index (Phi) is 6.96. The van der Waals surface area contributed by atoms with Gasteiger partial charge in [-0.3, -0.25) is 0 Å². The number of ether oxygens (including phenoxy) is 2. The van der Waals surface area contributed by atoms with E-state index in [9.17, 15) is 0 Å². The number of fused-ring (bicyclic) bond motifs is 2. The van der Waals surface area contributed by atoms with E-state index in [1.54, 1.807) is 0 Å². The molecule has 0 saturated carbocycles. The minimum atomic E-state index is 0.454. The van der Waals surface area contributed by atoms with Crippen LogP contribution >= 0.6 is 0 Å². The van der Waals surface area contributed by atoms with Gasteiger partial charge >= 0.3 is 0 Å². The zero-order valence-electron chi connectivity index (χ0n) is 18.7. The van der Waals surface area contributed by atoms with Gasteiger partial charge < -0.3 is 20.1 Å². The summed E-state index contributed by atoms with van der Waals surface area (Å²) in [4.78, 5) is 0. The quantitative estimate of drug-likeness (QED) is 0.649. The lowest BCUT2D eigenvalue weighted by Gasteiger charge is -2.29. The van der Waals surface area contributed by atoms with Crippen LogP contribution in [0, 0.1) is 0 Å². The van der Waals surface area contributed by atoms with Gasteiger partial charge in [-0.15, -0.1) is 0 Å². The molecule has 2 heterocycles. The van der Waals surface area contributed by atoms with Gasteiger partial charge in [-0.05, 0) is 72.9 Å². The second-order valence-electron chi connectivity index (χ2n) is 9.15. The predicted octanol–water partition coefficient (Wildman–Crippen LogP) is 4.94. The number of nitrogens with one attached hydrogen (secondary N) is 2. The second-order valence-corrected chi connectivity index (χ2v) is 9.15. The molecule has 0 spiro atoms. The molecule has 0 radical (unpaired) electrons. The van der Waals surface area contributed by atoms with Gasteiger partial charge in [-0.25, -0.2) is 0 Å². The standard InChI is InChI=1S/C26H36N2O2/c1-18(2)27-16-21-6-8-24-22(10-12-30-26(24)15-21)13-19(3)28-17-20-7-9-25-23(14-20)5-4-11-29-25/h6-9,14-15,18-19,22,27-28H,4-5,10-13,16-17H2,1-3H3. The van der Waals surface area contributed by atoms with Crippen molar-refractivity contribution in [3.8, 4) is 11.5 Å². The molecule has 0 saturated heterocycles. The molecule has 2 aliphatic rings. The van der Waals surface area contributed by atoms with Crippen molar-refractivity contribution in [2.24, 2.45) is 0 Å². The van der Waals surface area contributed by atoms with E-state index in [-0.39, 0.29) is 0 Å². The molecule has 0 amide bonds. The van der Waals surface area contributed by atoms with Crippen LogP contribution in [0.3, 0.4) is 0 Å². The van der Waals surface area contributed by atoms with Crippen LogP contribution in [0.1, 0.15) is 68.2 Å². The number of benzene rings is 2. The first kappa shape index (κ1) is 21.2. The first-order chi connectivity index (χ1) is 14.6. The Morgan fingerprint density at radius 1 is 0.900 bits per heavy atom. The van der Waals surface area contributed by atoms with Gasteiger partial charge in [-0.1, -0.05) is 38.1 Å². The molecule has 4 rings (SSSR count). The Bertz CT molecular complexity index is 849. The first-order valence-electron chi connectivity index (χ1n) is 11.6. The summed E-state index contributed by atoms with van der Waals surface area (Å²) in [6.45, 7) is 10.1. The molecule has 2 aromatic rings. The smallest absolute Gasteiger partial charge is 0.123 e. The highest BCUT2D eigenvalue weighted by molar-refractivity contribution is 5.41. The van der Waals surface area contributed by atoms with E-state index in [0.717, 1.165) is 63.5 Å². The monoisotopic (exact) mass is 408 g/mol. The van der Waals surface area contributed by atoms with E-state index >= 15 is 0 Å². The van der Waals surface area contributed by atoms with E-state index in [1.165, 1.54) is 22.3 Å². The SMILES string of the molecule is CC(C)NCc1ccc2c(c1)OCCC2CC(C)NCc1ccc2c(c1)CCCO2. The Morgan fingerprint density at radius 2 is 1.67 bits per heavy atom. The van der Waals surface area contributed by atoms with Crippen molar-refractivity contribution in [2.45, 2.75) is 77.5 Å². The molecule has 2 aliphatic heterocycles. The van der Waals surface area contributed by atoms with Crippen molar-refractivity contribution in [3.63, 3.8) is 0 Å². The van der Waals surface area contributed by atoms with Gasteiger partial charge in [0, 0.05) is 25.2 Å². The molecule has 0 aromatic heterocycles. The maximum absolute atomic E-state index is 6.00. The number of hydrogen-bond donors (Lipinski definition) is 2. The van der Waals surface area contributed by atoms with Crippen molar-refractivity contribution in [3.05, 3.63) is 58.7 Å². The second kappa shape index (κ2) is 9.84. The highest BCUT2D eigenvalue weighted by atomic mass is 16.5. The summed E-state index contributed by atoms with van der Waals surface area (Å²) in [6, 6.07) is 14.3. The van der Waals surface area contributed by atoms with Crippen LogP contribution in [0.25, 0.3) is 0 Å². The van der Waals surface area contributed by atoms with Crippen molar-refractivity contribution < 1.29 is 9.47 Å². The molecule has 2 unspecified atom stereocenters. The summed E-state index contributed by atoms with van der Waals surface area (Å²) in [6.07, 6.45) is 4.48. The molecule has 4 heteroatoms. The van der Waals surface area contributed by atoms with Gasteiger partial charge in [0.15, 0.2) is 0 Å². The average Bonchev–Trinajstić information content (AvgIpc) is 2.76. The Balaban J connectivity index is 1.33. The molecular weight excluding hydrogens is 372 g/mol. The lowest BCUT2D eigenvalue weighted by atomic mass is 9.87. The van der Waals surface area contributed by atoms with Crippen LogP contribution in [0.2, 0.25) is 0 Å². The molecule has 162 valence electrons. The normalized spacial score (nSPS) is 18.9. The molecule has 0 fully saturated rings. The summed E-state index contributed by atoms with van der Waals surface area (Å²) >= 11 is 0.